The number of carbonyl (C=O) groups is 1. The molecular formula is C25H25N3O3. The van der Waals surface area contributed by atoms with E-state index in [1.807, 2.05) is 77.7 Å². The Morgan fingerprint density at radius 1 is 0.903 bits per heavy atom. The van der Waals surface area contributed by atoms with Crippen LogP contribution < -0.4 is 4.90 Å². The number of benzene rings is 3. The highest BCUT2D eigenvalue weighted by molar-refractivity contribution is 6.06. The zero-order valence-electron chi connectivity index (χ0n) is 17.3. The average molecular weight is 415 g/mol. The number of para-hydroxylation sites is 1. The molecule has 0 aromatic heterocycles. The normalized spacial score (nSPS) is 14.8. The summed E-state index contributed by atoms with van der Waals surface area (Å²) < 4.78 is 0. The van der Waals surface area contributed by atoms with Crippen LogP contribution in [0.4, 0.5) is 11.4 Å². The summed E-state index contributed by atoms with van der Waals surface area (Å²) in [5, 5.41) is 10.8. The van der Waals surface area contributed by atoms with Gasteiger partial charge in [-0.3, -0.25) is 19.8 Å². The SMILES string of the molecule is O=C(c1ccccc1)N(c1ccccc1)C1CCN(Cc2ccc([N+](=O)[O-])cc2)CC1. The quantitative estimate of drug-likeness (QED) is 0.424. The number of hydrogen-bond donors (Lipinski definition) is 0. The minimum atomic E-state index is -0.378. The van der Waals surface area contributed by atoms with Gasteiger partial charge in [-0.25, -0.2) is 0 Å². The fraction of sp³-hybridized carbons (Fsp3) is 0.240. The molecule has 6 nitrogen and oxygen atoms in total. The summed E-state index contributed by atoms with van der Waals surface area (Å²) >= 11 is 0. The van der Waals surface area contributed by atoms with Crippen LogP contribution in [0.25, 0.3) is 0 Å². The number of nitro groups is 1. The van der Waals surface area contributed by atoms with Crippen LogP contribution in [0.3, 0.4) is 0 Å². The molecule has 3 aromatic carbocycles. The van der Waals surface area contributed by atoms with Crippen LogP contribution in [0.5, 0.6) is 0 Å². The van der Waals surface area contributed by atoms with Crippen molar-refractivity contribution >= 4 is 17.3 Å². The van der Waals surface area contributed by atoms with Gasteiger partial charge >= 0.3 is 0 Å². The van der Waals surface area contributed by atoms with E-state index < -0.39 is 0 Å². The Morgan fingerprint density at radius 3 is 2.06 bits per heavy atom. The average Bonchev–Trinajstić information content (AvgIpc) is 2.82. The Bertz CT molecular complexity index is 1010. The lowest BCUT2D eigenvalue weighted by Crippen LogP contribution is -2.47. The van der Waals surface area contributed by atoms with E-state index >= 15 is 0 Å². The van der Waals surface area contributed by atoms with Crippen molar-refractivity contribution in [1.82, 2.24) is 4.90 Å². The molecule has 0 atom stereocenters. The summed E-state index contributed by atoms with van der Waals surface area (Å²) in [4.78, 5) is 28.1. The molecule has 1 amide bonds. The third-order valence-corrected chi connectivity index (χ3v) is 5.75. The van der Waals surface area contributed by atoms with Crippen LogP contribution >= 0.6 is 0 Å². The Balaban J connectivity index is 1.45. The van der Waals surface area contributed by atoms with Gasteiger partial charge in [0.15, 0.2) is 0 Å². The lowest BCUT2D eigenvalue weighted by Gasteiger charge is -2.38. The molecule has 0 bridgehead atoms. The molecule has 6 heteroatoms. The molecule has 3 aromatic rings. The molecule has 1 heterocycles. The lowest BCUT2D eigenvalue weighted by atomic mass is 10.00. The van der Waals surface area contributed by atoms with Gasteiger partial charge in [-0.2, -0.15) is 0 Å². The third-order valence-electron chi connectivity index (χ3n) is 5.75. The summed E-state index contributed by atoms with van der Waals surface area (Å²) in [7, 11) is 0. The topological polar surface area (TPSA) is 66.7 Å². The van der Waals surface area contributed by atoms with E-state index in [4.69, 9.17) is 0 Å². The van der Waals surface area contributed by atoms with E-state index in [1.165, 1.54) is 0 Å². The van der Waals surface area contributed by atoms with Crippen LogP contribution in [0.1, 0.15) is 28.8 Å². The standard InChI is InChI=1S/C25H25N3O3/c29-25(21-7-3-1-4-8-21)27(22-9-5-2-6-10-22)23-15-17-26(18-16-23)19-20-11-13-24(14-12-20)28(30)31/h1-14,23H,15-19H2. The van der Waals surface area contributed by atoms with Crippen LogP contribution in [-0.4, -0.2) is 34.9 Å². The molecule has 0 radical (unpaired) electrons. The minimum absolute atomic E-state index is 0.0284. The first-order valence-corrected chi connectivity index (χ1v) is 10.5. The van der Waals surface area contributed by atoms with E-state index in [2.05, 4.69) is 4.90 Å². The maximum atomic E-state index is 13.4. The first-order valence-electron chi connectivity index (χ1n) is 10.5. The highest BCUT2D eigenvalue weighted by atomic mass is 16.6. The highest BCUT2D eigenvalue weighted by Gasteiger charge is 2.29. The van der Waals surface area contributed by atoms with Crippen molar-refractivity contribution in [3.63, 3.8) is 0 Å². The van der Waals surface area contributed by atoms with E-state index in [0.717, 1.165) is 43.7 Å². The number of non-ortho nitro benzene ring substituents is 1. The van der Waals surface area contributed by atoms with Gasteiger partial charge < -0.3 is 4.90 Å². The predicted molar refractivity (Wildman–Crippen MR) is 121 cm³/mol. The predicted octanol–water partition coefficient (Wildman–Crippen LogP) is 4.91. The fourth-order valence-corrected chi connectivity index (χ4v) is 4.12. The molecule has 0 spiro atoms. The Hall–Kier alpha value is -3.51. The number of likely N-dealkylation sites (tertiary alicyclic amines) is 1. The highest BCUT2D eigenvalue weighted by Crippen LogP contribution is 2.26. The molecular weight excluding hydrogens is 390 g/mol. The van der Waals surface area contributed by atoms with E-state index in [0.29, 0.717) is 5.56 Å². The number of piperidine rings is 1. The zero-order chi connectivity index (χ0) is 21.6. The van der Waals surface area contributed by atoms with Crippen LogP contribution in [-0.2, 0) is 6.54 Å². The number of nitrogens with zero attached hydrogens (tertiary/aromatic N) is 3. The van der Waals surface area contributed by atoms with Crippen molar-refractivity contribution in [3.05, 3.63) is 106 Å². The first-order chi connectivity index (χ1) is 15.1. The number of amides is 1. The molecule has 1 aliphatic rings. The van der Waals surface area contributed by atoms with E-state index in [-0.39, 0.29) is 22.6 Å². The van der Waals surface area contributed by atoms with E-state index in [9.17, 15) is 14.9 Å². The largest absolute Gasteiger partial charge is 0.305 e. The van der Waals surface area contributed by atoms with Crippen molar-refractivity contribution in [2.45, 2.75) is 25.4 Å². The Morgan fingerprint density at radius 2 is 1.48 bits per heavy atom. The van der Waals surface area contributed by atoms with Gasteiger partial charge in [0, 0.05) is 49.1 Å². The van der Waals surface area contributed by atoms with Gasteiger partial charge in [0.25, 0.3) is 11.6 Å². The van der Waals surface area contributed by atoms with Crippen molar-refractivity contribution in [2.24, 2.45) is 0 Å². The zero-order valence-corrected chi connectivity index (χ0v) is 17.3. The van der Waals surface area contributed by atoms with Crippen molar-refractivity contribution in [1.29, 1.82) is 0 Å². The Kier molecular flexibility index (Phi) is 6.38. The van der Waals surface area contributed by atoms with Crippen LogP contribution in [0.2, 0.25) is 0 Å². The van der Waals surface area contributed by atoms with Gasteiger partial charge in [-0.15, -0.1) is 0 Å². The fourth-order valence-electron chi connectivity index (χ4n) is 4.12. The van der Waals surface area contributed by atoms with Gasteiger partial charge in [0.05, 0.1) is 4.92 Å². The number of rotatable bonds is 6. The number of hydrogen-bond acceptors (Lipinski definition) is 4. The molecule has 0 saturated carbocycles. The molecule has 158 valence electrons. The molecule has 4 rings (SSSR count). The molecule has 0 N–H and O–H groups in total. The van der Waals surface area contributed by atoms with Crippen molar-refractivity contribution in [3.8, 4) is 0 Å². The molecule has 1 aliphatic heterocycles. The molecule has 0 unspecified atom stereocenters. The van der Waals surface area contributed by atoms with Crippen molar-refractivity contribution < 1.29 is 9.72 Å². The Labute approximate surface area is 181 Å². The second kappa shape index (κ2) is 9.53. The summed E-state index contributed by atoms with van der Waals surface area (Å²) in [6.07, 6.45) is 1.75. The molecule has 1 fully saturated rings. The second-order valence-electron chi connectivity index (χ2n) is 7.81. The van der Waals surface area contributed by atoms with Gasteiger partial charge in [0.1, 0.15) is 0 Å². The summed E-state index contributed by atoms with van der Waals surface area (Å²) in [5.74, 6) is 0.0284. The first kappa shape index (κ1) is 20.8. The minimum Gasteiger partial charge on any atom is -0.305 e. The number of nitro benzene ring substituents is 1. The lowest BCUT2D eigenvalue weighted by molar-refractivity contribution is -0.384. The number of carbonyl (C=O) groups excluding carboxylic acids is 1. The van der Waals surface area contributed by atoms with Gasteiger partial charge in [0.2, 0.25) is 0 Å². The molecule has 0 aliphatic carbocycles. The third kappa shape index (κ3) is 4.98. The number of anilines is 1. The maximum Gasteiger partial charge on any atom is 0.269 e. The summed E-state index contributed by atoms with van der Waals surface area (Å²) in [5.41, 5.74) is 2.79. The summed E-state index contributed by atoms with van der Waals surface area (Å²) in [6, 6.07) is 26.2. The van der Waals surface area contributed by atoms with Crippen LogP contribution in [0.15, 0.2) is 84.9 Å². The van der Waals surface area contributed by atoms with Gasteiger partial charge in [-0.1, -0.05) is 48.5 Å². The van der Waals surface area contributed by atoms with E-state index in [1.54, 1.807) is 12.1 Å². The smallest absolute Gasteiger partial charge is 0.269 e. The van der Waals surface area contributed by atoms with Gasteiger partial charge in [-0.05, 0) is 42.7 Å². The second-order valence-corrected chi connectivity index (χ2v) is 7.81. The van der Waals surface area contributed by atoms with Crippen molar-refractivity contribution in [2.75, 3.05) is 18.0 Å². The molecule has 1 saturated heterocycles. The van der Waals surface area contributed by atoms with Crippen LogP contribution in [0, 0.1) is 10.1 Å². The summed E-state index contributed by atoms with van der Waals surface area (Å²) in [6.45, 7) is 2.49. The molecule has 31 heavy (non-hydrogen) atoms. The maximum absolute atomic E-state index is 13.4. The monoisotopic (exact) mass is 415 g/mol.